The molecule has 1 atom stereocenters. The predicted molar refractivity (Wildman–Crippen MR) is 111 cm³/mol. The first-order valence-electron chi connectivity index (χ1n) is 10.2. The van der Waals surface area contributed by atoms with E-state index in [0.29, 0.717) is 6.61 Å². The molecule has 5 nitrogen and oxygen atoms in total. The van der Waals surface area contributed by atoms with Gasteiger partial charge in [0, 0.05) is 56.4 Å². The number of nitrogens with one attached hydrogen (secondary N) is 1. The normalized spacial score (nSPS) is 20.5. The van der Waals surface area contributed by atoms with Crippen LogP contribution in [0.3, 0.4) is 0 Å². The SMILES string of the molecule is c1ccc2c(c1)OCC(CN1CCN(CCc3c[nH]c4ccccc34)CC1)O2. The summed E-state index contributed by atoms with van der Waals surface area (Å²) in [4.78, 5) is 8.46. The Bertz CT molecular complexity index is 930. The molecule has 2 aliphatic heterocycles. The summed E-state index contributed by atoms with van der Waals surface area (Å²) in [5, 5.41) is 1.36. The highest BCUT2D eigenvalue weighted by Gasteiger charge is 2.25. The summed E-state index contributed by atoms with van der Waals surface area (Å²) in [5.41, 5.74) is 2.66. The van der Waals surface area contributed by atoms with Crippen molar-refractivity contribution in [3.8, 4) is 11.5 Å². The topological polar surface area (TPSA) is 40.7 Å². The van der Waals surface area contributed by atoms with Gasteiger partial charge in [0.1, 0.15) is 12.7 Å². The molecule has 1 N–H and O–H groups in total. The third-order valence-corrected chi connectivity index (χ3v) is 5.87. The summed E-state index contributed by atoms with van der Waals surface area (Å²) in [6.45, 7) is 7.11. The first kappa shape index (κ1) is 17.6. The average Bonchev–Trinajstić information content (AvgIpc) is 3.16. The maximum absolute atomic E-state index is 6.12. The number of ether oxygens (including phenoxy) is 2. The first-order valence-corrected chi connectivity index (χ1v) is 10.2. The molecule has 5 rings (SSSR count). The van der Waals surface area contributed by atoms with E-state index in [2.05, 4.69) is 45.2 Å². The molecule has 146 valence electrons. The Morgan fingerprint density at radius 2 is 1.64 bits per heavy atom. The first-order chi connectivity index (χ1) is 13.8. The van der Waals surface area contributed by atoms with Gasteiger partial charge >= 0.3 is 0 Å². The fourth-order valence-electron chi connectivity index (χ4n) is 4.25. The van der Waals surface area contributed by atoms with Crippen molar-refractivity contribution in [2.75, 3.05) is 45.9 Å². The summed E-state index contributed by atoms with van der Waals surface area (Å²) in [6.07, 6.45) is 3.38. The van der Waals surface area contributed by atoms with Gasteiger partial charge in [-0.3, -0.25) is 4.90 Å². The van der Waals surface area contributed by atoms with Crippen molar-refractivity contribution in [1.29, 1.82) is 0 Å². The van der Waals surface area contributed by atoms with E-state index in [-0.39, 0.29) is 6.10 Å². The minimum Gasteiger partial charge on any atom is -0.486 e. The van der Waals surface area contributed by atoms with E-state index in [1.165, 1.54) is 16.5 Å². The standard InChI is InChI=1S/C23H27N3O2/c1-2-6-21-20(5-1)18(15-24-21)9-10-25-11-13-26(14-12-25)16-19-17-27-22-7-3-4-8-23(22)28-19/h1-8,15,19,24H,9-14,16-17H2. The average molecular weight is 377 g/mol. The van der Waals surface area contributed by atoms with Crippen LogP contribution in [0.1, 0.15) is 5.56 Å². The van der Waals surface area contributed by atoms with E-state index in [9.17, 15) is 0 Å². The Labute approximate surface area is 165 Å². The molecule has 1 saturated heterocycles. The molecule has 0 bridgehead atoms. The number of para-hydroxylation sites is 3. The second kappa shape index (κ2) is 7.86. The van der Waals surface area contributed by atoms with Gasteiger partial charge in [-0.2, -0.15) is 0 Å². The maximum Gasteiger partial charge on any atom is 0.161 e. The second-order valence-electron chi connectivity index (χ2n) is 7.75. The van der Waals surface area contributed by atoms with E-state index in [1.54, 1.807) is 0 Å². The third-order valence-electron chi connectivity index (χ3n) is 5.87. The molecule has 2 aliphatic rings. The number of nitrogens with zero attached hydrogens (tertiary/aromatic N) is 2. The second-order valence-corrected chi connectivity index (χ2v) is 7.75. The van der Waals surface area contributed by atoms with E-state index < -0.39 is 0 Å². The van der Waals surface area contributed by atoms with Gasteiger partial charge in [0.15, 0.2) is 11.5 Å². The zero-order valence-corrected chi connectivity index (χ0v) is 16.1. The van der Waals surface area contributed by atoms with E-state index >= 15 is 0 Å². The minimum absolute atomic E-state index is 0.118. The van der Waals surface area contributed by atoms with Crippen molar-refractivity contribution in [2.24, 2.45) is 0 Å². The van der Waals surface area contributed by atoms with E-state index in [0.717, 1.165) is 57.2 Å². The van der Waals surface area contributed by atoms with Crippen LogP contribution in [-0.4, -0.2) is 66.8 Å². The van der Waals surface area contributed by atoms with E-state index in [4.69, 9.17) is 9.47 Å². The summed E-state index contributed by atoms with van der Waals surface area (Å²) >= 11 is 0. The van der Waals surface area contributed by atoms with Gasteiger partial charge in [-0.05, 0) is 30.2 Å². The Hall–Kier alpha value is -2.50. The van der Waals surface area contributed by atoms with Crippen LogP contribution in [0.4, 0.5) is 0 Å². The van der Waals surface area contributed by atoms with Gasteiger partial charge < -0.3 is 19.4 Å². The van der Waals surface area contributed by atoms with Crippen LogP contribution in [0.5, 0.6) is 11.5 Å². The van der Waals surface area contributed by atoms with Crippen LogP contribution in [-0.2, 0) is 6.42 Å². The zero-order valence-electron chi connectivity index (χ0n) is 16.1. The Kier molecular flexibility index (Phi) is 4.93. The molecule has 0 saturated carbocycles. The molecule has 3 aromatic rings. The number of fused-ring (bicyclic) bond motifs is 2. The summed E-state index contributed by atoms with van der Waals surface area (Å²) in [5.74, 6) is 1.73. The minimum atomic E-state index is 0.118. The van der Waals surface area contributed by atoms with Crippen molar-refractivity contribution in [3.63, 3.8) is 0 Å². The Morgan fingerprint density at radius 1 is 0.893 bits per heavy atom. The van der Waals surface area contributed by atoms with Crippen molar-refractivity contribution < 1.29 is 9.47 Å². The van der Waals surface area contributed by atoms with Crippen molar-refractivity contribution >= 4 is 10.9 Å². The molecule has 0 spiro atoms. The summed E-state index contributed by atoms with van der Waals surface area (Å²) in [7, 11) is 0. The van der Waals surface area contributed by atoms with Gasteiger partial charge in [0.2, 0.25) is 0 Å². The number of benzene rings is 2. The van der Waals surface area contributed by atoms with Crippen LogP contribution >= 0.6 is 0 Å². The monoisotopic (exact) mass is 377 g/mol. The smallest absolute Gasteiger partial charge is 0.161 e. The summed E-state index contributed by atoms with van der Waals surface area (Å²) < 4.78 is 12.0. The summed E-state index contributed by atoms with van der Waals surface area (Å²) in [6, 6.07) is 16.5. The molecule has 0 amide bonds. The van der Waals surface area contributed by atoms with Crippen molar-refractivity contribution in [1.82, 2.24) is 14.8 Å². The quantitative estimate of drug-likeness (QED) is 0.742. The predicted octanol–water partition coefficient (Wildman–Crippen LogP) is 3.17. The van der Waals surface area contributed by atoms with Crippen LogP contribution in [0, 0.1) is 0 Å². The number of rotatable bonds is 5. The van der Waals surface area contributed by atoms with Crippen LogP contribution < -0.4 is 9.47 Å². The van der Waals surface area contributed by atoms with Crippen molar-refractivity contribution in [3.05, 3.63) is 60.3 Å². The number of hydrogen-bond acceptors (Lipinski definition) is 4. The molecule has 0 radical (unpaired) electrons. The lowest BCUT2D eigenvalue weighted by Gasteiger charge is -2.37. The molecule has 2 aromatic carbocycles. The Morgan fingerprint density at radius 3 is 2.54 bits per heavy atom. The molecule has 5 heteroatoms. The molecular formula is C23H27N3O2. The molecular weight excluding hydrogens is 350 g/mol. The molecule has 28 heavy (non-hydrogen) atoms. The van der Waals surface area contributed by atoms with Gasteiger partial charge in [0.05, 0.1) is 0 Å². The maximum atomic E-state index is 6.12. The highest BCUT2D eigenvalue weighted by molar-refractivity contribution is 5.83. The molecule has 0 aliphatic carbocycles. The van der Waals surface area contributed by atoms with Gasteiger partial charge in [-0.25, -0.2) is 0 Å². The van der Waals surface area contributed by atoms with Gasteiger partial charge in [-0.15, -0.1) is 0 Å². The lowest BCUT2D eigenvalue weighted by Crippen LogP contribution is -2.50. The molecule has 1 fully saturated rings. The highest BCUT2D eigenvalue weighted by Crippen LogP contribution is 2.31. The fraction of sp³-hybridized carbons (Fsp3) is 0.391. The molecule has 1 unspecified atom stereocenters. The lowest BCUT2D eigenvalue weighted by atomic mass is 10.1. The zero-order chi connectivity index (χ0) is 18.8. The van der Waals surface area contributed by atoms with E-state index in [1.807, 2.05) is 24.3 Å². The van der Waals surface area contributed by atoms with Gasteiger partial charge in [-0.1, -0.05) is 30.3 Å². The number of aromatic nitrogens is 1. The highest BCUT2D eigenvalue weighted by atomic mass is 16.6. The number of piperazine rings is 1. The van der Waals surface area contributed by atoms with Gasteiger partial charge in [0.25, 0.3) is 0 Å². The number of hydrogen-bond donors (Lipinski definition) is 1. The molecule has 3 heterocycles. The number of H-pyrrole nitrogens is 1. The van der Waals surface area contributed by atoms with Crippen molar-refractivity contribution in [2.45, 2.75) is 12.5 Å². The van der Waals surface area contributed by atoms with Crippen LogP contribution in [0.15, 0.2) is 54.7 Å². The number of aromatic amines is 1. The molecule has 1 aromatic heterocycles. The van der Waals surface area contributed by atoms with Crippen LogP contribution in [0.25, 0.3) is 10.9 Å². The largest absolute Gasteiger partial charge is 0.486 e. The third kappa shape index (κ3) is 3.73. The lowest BCUT2D eigenvalue weighted by molar-refractivity contribution is 0.0406. The Balaban J connectivity index is 1.09. The fourth-order valence-corrected chi connectivity index (χ4v) is 4.25. The van der Waals surface area contributed by atoms with Crippen LogP contribution in [0.2, 0.25) is 0 Å².